The summed E-state index contributed by atoms with van der Waals surface area (Å²) >= 11 is 1.35. The second-order valence-electron chi connectivity index (χ2n) is 5.39. The topological polar surface area (TPSA) is 38.3 Å². The fourth-order valence-corrected chi connectivity index (χ4v) is 3.00. The van der Waals surface area contributed by atoms with E-state index in [9.17, 15) is 9.18 Å². The predicted octanol–water partition coefficient (Wildman–Crippen LogP) is 5.03. The number of nitrogens with one attached hydrogen (secondary N) is 1. The minimum Gasteiger partial charge on any atom is -0.489 e. The van der Waals surface area contributed by atoms with E-state index in [1.54, 1.807) is 18.2 Å². The normalized spacial score (nSPS) is 10.4. The molecule has 2 aromatic carbocycles. The minimum atomic E-state index is -0.337. The van der Waals surface area contributed by atoms with E-state index in [0.717, 1.165) is 16.8 Å². The molecule has 1 amide bonds. The Balaban J connectivity index is 1.61. The van der Waals surface area contributed by atoms with Gasteiger partial charge in [0, 0.05) is 17.3 Å². The maximum atomic E-state index is 13.1. The molecule has 24 heavy (non-hydrogen) atoms. The summed E-state index contributed by atoms with van der Waals surface area (Å²) in [6, 6.07) is 15.4. The smallest absolute Gasteiger partial charge is 0.265 e. The van der Waals surface area contributed by atoms with Gasteiger partial charge >= 0.3 is 0 Å². The van der Waals surface area contributed by atoms with E-state index in [4.69, 9.17) is 4.74 Å². The van der Waals surface area contributed by atoms with E-state index in [0.29, 0.717) is 10.6 Å². The van der Waals surface area contributed by atoms with Gasteiger partial charge in [-0.25, -0.2) is 4.39 Å². The average Bonchev–Trinajstić information content (AvgIpc) is 3.02. The van der Waals surface area contributed by atoms with E-state index < -0.39 is 0 Å². The van der Waals surface area contributed by atoms with Crippen molar-refractivity contribution in [3.63, 3.8) is 0 Å². The highest BCUT2D eigenvalue weighted by Gasteiger charge is 2.10. The average molecular weight is 341 g/mol. The van der Waals surface area contributed by atoms with Gasteiger partial charge in [0.1, 0.15) is 18.2 Å². The first kappa shape index (κ1) is 16.2. The van der Waals surface area contributed by atoms with E-state index in [1.165, 1.54) is 23.5 Å². The van der Waals surface area contributed by atoms with Crippen LogP contribution in [0, 0.1) is 12.7 Å². The van der Waals surface area contributed by atoms with Crippen LogP contribution in [-0.4, -0.2) is 5.91 Å². The van der Waals surface area contributed by atoms with Gasteiger partial charge < -0.3 is 10.1 Å². The van der Waals surface area contributed by atoms with Crippen molar-refractivity contribution in [2.45, 2.75) is 13.5 Å². The molecule has 0 spiro atoms. The molecule has 0 bridgehead atoms. The Kier molecular flexibility index (Phi) is 4.91. The number of amides is 1. The molecule has 1 heterocycles. The number of aryl methyl sites for hydroxylation is 1. The largest absolute Gasteiger partial charge is 0.489 e. The van der Waals surface area contributed by atoms with Gasteiger partial charge in [0.2, 0.25) is 0 Å². The zero-order chi connectivity index (χ0) is 16.9. The van der Waals surface area contributed by atoms with E-state index >= 15 is 0 Å². The lowest BCUT2D eigenvalue weighted by molar-refractivity contribution is 0.103. The summed E-state index contributed by atoms with van der Waals surface area (Å²) in [5.41, 5.74) is 2.73. The monoisotopic (exact) mass is 341 g/mol. The van der Waals surface area contributed by atoms with Gasteiger partial charge in [0.05, 0.1) is 4.88 Å². The molecule has 0 aliphatic rings. The molecule has 122 valence electrons. The van der Waals surface area contributed by atoms with E-state index in [-0.39, 0.29) is 18.3 Å². The summed E-state index contributed by atoms with van der Waals surface area (Å²) in [7, 11) is 0. The first-order valence-electron chi connectivity index (χ1n) is 7.44. The summed E-state index contributed by atoms with van der Waals surface area (Å²) in [6.45, 7) is 2.26. The Hall–Kier alpha value is -2.66. The summed E-state index contributed by atoms with van der Waals surface area (Å²) in [6.07, 6.45) is 0. The Labute approximate surface area is 143 Å². The first-order chi connectivity index (χ1) is 11.6. The SMILES string of the molecule is Cc1cccc(NC(=O)c2cc(COc3cccc(F)c3)cs2)c1. The van der Waals surface area contributed by atoms with Crippen molar-refractivity contribution in [3.8, 4) is 5.75 Å². The molecule has 0 unspecified atom stereocenters. The quantitative estimate of drug-likeness (QED) is 0.707. The van der Waals surface area contributed by atoms with Gasteiger partial charge in [-0.15, -0.1) is 11.3 Å². The number of carbonyl (C=O) groups excluding carboxylic acids is 1. The highest BCUT2D eigenvalue weighted by Crippen LogP contribution is 2.20. The van der Waals surface area contributed by atoms with Crippen LogP contribution in [0.15, 0.2) is 60.0 Å². The number of anilines is 1. The Bertz CT molecular complexity index is 860. The molecule has 3 nitrogen and oxygen atoms in total. The molecule has 0 saturated carbocycles. The van der Waals surface area contributed by atoms with Crippen LogP contribution in [0.4, 0.5) is 10.1 Å². The maximum Gasteiger partial charge on any atom is 0.265 e. The summed E-state index contributed by atoms with van der Waals surface area (Å²) in [4.78, 5) is 12.9. The summed E-state index contributed by atoms with van der Waals surface area (Å²) in [5, 5.41) is 4.74. The van der Waals surface area contributed by atoms with Crippen molar-refractivity contribution in [3.05, 3.63) is 81.8 Å². The Morgan fingerprint density at radius 3 is 2.79 bits per heavy atom. The van der Waals surface area contributed by atoms with E-state index in [2.05, 4.69) is 5.32 Å². The van der Waals surface area contributed by atoms with Crippen LogP contribution in [0.2, 0.25) is 0 Å². The van der Waals surface area contributed by atoms with Crippen molar-refractivity contribution >= 4 is 22.9 Å². The van der Waals surface area contributed by atoms with Crippen LogP contribution in [0.5, 0.6) is 5.75 Å². The Morgan fingerprint density at radius 1 is 1.17 bits per heavy atom. The van der Waals surface area contributed by atoms with Crippen LogP contribution >= 0.6 is 11.3 Å². The van der Waals surface area contributed by atoms with Gasteiger partial charge in [-0.3, -0.25) is 4.79 Å². The minimum absolute atomic E-state index is 0.150. The zero-order valence-corrected chi connectivity index (χ0v) is 13.9. The van der Waals surface area contributed by atoms with Gasteiger partial charge in [0.25, 0.3) is 5.91 Å². The fraction of sp³-hybridized carbons (Fsp3) is 0.105. The Morgan fingerprint density at radius 2 is 2.00 bits per heavy atom. The molecule has 3 aromatic rings. The third-order valence-corrected chi connectivity index (χ3v) is 4.33. The van der Waals surface area contributed by atoms with Crippen molar-refractivity contribution in [1.82, 2.24) is 0 Å². The van der Waals surface area contributed by atoms with E-state index in [1.807, 2.05) is 36.6 Å². The molecule has 0 aliphatic carbocycles. The van der Waals surface area contributed by atoms with Crippen LogP contribution in [0.1, 0.15) is 20.8 Å². The highest BCUT2D eigenvalue weighted by molar-refractivity contribution is 7.12. The fourth-order valence-electron chi connectivity index (χ4n) is 2.21. The molecule has 1 N–H and O–H groups in total. The molecular weight excluding hydrogens is 325 g/mol. The number of ether oxygens (including phenoxy) is 1. The first-order valence-corrected chi connectivity index (χ1v) is 8.32. The molecule has 0 radical (unpaired) electrons. The number of benzene rings is 2. The van der Waals surface area contributed by atoms with Crippen LogP contribution < -0.4 is 10.1 Å². The second kappa shape index (κ2) is 7.27. The second-order valence-corrected chi connectivity index (χ2v) is 6.30. The van der Waals surface area contributed by atoms with Crippen LogP contribution in [0.25, 0.3) is 0 Å². The maximum absolute atomic E-state index is 13.1. The molecule has 0 saturated heterocycles. The number of hydrogen-bond acceptors (Lipinski definition) is 3. The van der Waals surface area contributed by atoms with Crippen molar-refractivity contribution in [2.24, 2.45) is 0 Å². The van der Waals surface area contributed by atoms with Gasteiger partial charge in [-0.05, 0) is 48.2 Å². The van der Waals surface area contributed by atoms with Crippen molar-refractivity contribution in [2.75, 3.05) is 5.32 Å². The third-order valence-electron chi connectivity index (χ3n) is 3.36. The predicted molar refractivity (Wildman–Crippen MR) is 94.2 cm³/mol. The lowest BCUT2D eigenvalue weighted by atomic mass is 10.2. The molecule has 1 aromatic heterocycles. The number of rotatable bonds is 5. The standard InChI is InChI=1S/C19H16FNO2S/c1-13-4-2-6-16(8-13)21-19(22)18-9-14(12-24-18)11-23-17-7-3-5-15(20)10-17/h2-10,12H,11H2,1H3,(H,21,22). The van der Waals surface area contributed by atoms with Crippen LogP contribution in [-0.2, 0) is 6.61 Å². The lowest BCUT2D eigenvalue weighted by Gasteiger charge is -2.05. The van der Waals surface area contributed by atoms with Gasteiger partial charge in [0.15, 0.2) is 0 Å². The summed E-state index contributed by atoms with van der Waals surface area (Å²) < 4.78 is 18.6. The van der Waals surface area contributed by atoms with Gasteiger partial charge in [-0.2, -0.15) is 0 Å². The third kappa shape index (κ3) is 4.20. The number of halogens is 1. The molecule has 0 aliphatic heterocycles. The molecule has 0 fully saturated rings. The zero-order valence-electron chi connectivity index (χ0n) is 13.1. The number of carbonyl (C=O) groups is 1. The summed E-state index contributed by atoms with van der Waals surface area (Å²) in [5.74, 6) is -0.0226. The molecule has 0 atom stereocenters. The lowest BCUT2D eigenvalue weighted by Crippen LogP contribution is -2.10. The number of thiophene rings is 1. The van der Waals surface area contributed by atoms with Crippen LogP contribution in [0.3, 0.4) is 0 Å². The van der Waals surface area contributed by atoms with Gasteiger partial charge in [-0.1, -0.05) is 18.2 Å². The van der Waals surface area contributed by atoms with Crippen molar-refractivity contribution < 1.29 is 13.9 Å². The molecule has 5 heteroatoms. The van der Waals surface area contributed by atoms with Crippen molar-refractivity contribution in [1.29, 1.82) is 0 Å². The molecular formula is C19H16FNO2S. The molecule has 3 rings (SSSR count). The highest BCUT2D eigenvalue weighted by atomic mass is 32.1. The number of hydrogen-bond donors (Lipinski definition) is 1.